The van der Waals surface area contributed by atoms with Crippen molar-refractivity contribution in [3.05, 3.63) is 78.5 Å². The van der Waals surface area contributed by atoms with Gasteiger partial charge in [0.2, 0.25) is 0 Å². The van der Waals surface area contributed by atoms with E-state index in [-0.39, 0.29) is 23.7 Å². The number of hydrogen-bond donors (Lipinski definition) is 2. The highest BCUT2D eigenvalue weighted by atomic mass is 19.1. The summed E-state index contributed by atoms with van der Waals surface area (Å²) in [6.45, 7) is 6.31. The lowest BCUT2D eigenvalue weighted by Crippen LogP contribution is -2.68. The predicted molar refractivity (Wildman–Crippen MR) is 158 cm³/mol. The summed E-state index contributed by atoms with van der Waals surface area (Å²) in [6, 6.07) is 11.3. The van der Waals surface area contributed by atoms with E-state index in [1.807, 2.05) is 13.8 Å². The number of benzene rings is 3. The number of nitrogens with zero attached hydrogens (tertiary/aromatic N) is 3. The molecule has 0 bridgehead atoms. The lowest BCUT2D eigenvalue weighted by molar-refractivity contribution is -0.130. The van der Waals surface area contributed by atoms with E-state index >= 15 is 4.39 Å². The average molecular weight is 606 g/mol. The van der Waals surface area contributed by atoms with Crippen LogP contribution in [0.25, 0.3) is 10.9 Å². The van der Waals surface area contributed by atoms with Crippen LogP contribution in [0.4, 0.5) is 25.0 Å². The zero-order valence-corrected chi connectivity index (χ0v) is 24.1. The highest BCUT2D eigenvalue weighted by Gasteiger charge is 2.43. The molecule has 1 unspecified atom stereocenters. The summed E-state index contributed by atoms with van der Waals surface area (Å²) in [6.07, 6.45) is 1.52. The van der Waals surface area contributed by atoms with Crippen LogP contribution in [0.1, 0.15) is 20.8 Å². The van der Waals surface area contributed by atoms with E-state index < -0.39 is 35.5 Å². The molecular weight excluding hydrogens is 576 g/mol. The monoisotopic (exact) mass is 605 g/mol. The normalized spacial score (nSPS) is 15.0. The molecule has 5 rings (SSSR count). The third-order valence-electron chi connectivity index (χ3n) is 6.62. The standard InChI is InChI=1S/C31H29F2N5O6/c1-4-37-31(41)38(20-10-7-18(32)8-11-20)30(40)28(36-37)29(39)35-19-9-12-25(22(33)15-19)44-24-13-14-34-23-17-27(43-6-3)26(42-5-2)16-21(23)24/h7-17,28,36H,4-6H2,1-3H3,(H,35,39). The van der Waals surface area contributed by atoms with Crippen molar-refractivity contribution in [1.29, 1.82) is 0 Å². The van der Waals surface area contributed by atoms with Gasteiger partial charge in [0.05, 0.1) is 24.4 Å². The Balaban J connectivity index is 1.35. The number of halogens is 2. The van der Waals surface area contributed by atoms with Crippen LogP contribution in [0, 0.1) is 11.6 Å². The number of pyridine rings is 1. The number of urea groups is 1. The van der Waals surface area contributed by atoms with Crippen LogP contribution in [0.15, 0.2) is 66.9 Å². The average Bonchev–Trinajstić information content (AvgIpc) is 3.00. The van der Waals surface area contributed by atoms with Gasteiger partial charge in [0, 0.05) is 35.9 Å². The Kier molecular flexibility index (Phi) is 8.86. The molecule has 11 nitrogen and oxygen atoms in total. The maximum Gasteiger partial charge on any atom is 0.345 e. The molecule has 0 radical (unpaired) electrons. The first-order chi connectivity index (χ1) is 21.2. The Hall–Kier alpha value is -5.30. The minimum absolute atomic E-state index is 0.0438. The lowest BCUT2D eigenvalue weighted by atomic mass is 10.1. The minimum Gasteiger partial charge on any atom is -0.490 e. The smallest absolute Gasteiger partial charge is 0.345 e. The summed E-state index contributed by atoms with van der Waals surface area (Å²) in [5.41, 5.74) is 3.29. The van der Waals surface area contributed by atoms with Crippen molar-refractivity contribution in [2.24, 2.45) is 0 Å². The number of nitrogens with one attached hydrogen (secondary N) is 2. The molecule has 44 heavy (non-hydrogen) atoms. The molecule has 0 spiro atoms. The van der Waals surface area contributed by atoms with E-state index in [0.717, 1.165) is 28.1 Å². The number of anilines is 2. The van der Waals surface area contributed by atoms with Gasteiger partial charge in [-0.25, -0.2) is 23.9 Å². The summed E-state index contributed by atoms with van der Waals surface area (Å²) in [4.78, 5) is 44.4. The summed E-state index contributed by atoms with van der Waals surface area (Å²) in [7, 11) is 0. The van der Waals surface area contributed by atoms with Gasteiger partial charge in [-0.1, -0.05) is 0 Å². The second kappa shape index (κ2) is 12.9. The van der Waals surface area contributed by atoms with E-state index in [9.17, 15) is 18.8 Å². The summed E-state index contributed by atoms with van der Waals surface area (Å²) in [5.74, 6) is -1.85. The van der Waals surface area contributed by atoms with Gasteiger partial charge >= 0.3 is 6.03 Å². The van der Waals surface area contributed by atoms with Crippen molar-refractivity contribution in [2.45, 2.75) is 26.8 Å². The fourth-order valence-electron chi connectivity index (χ4n) is 4.58. The van der Waals surface area contributed by atoms with Gasteiger partial charge < -0.3 is 19.5 Å². The molecule has 1 fully saturated rings. The number of ether oxygens (including phenoxy) is 3. The number of aromatic nitrogens is 1. The quantitative estimate of drug-likeness (QED) is 0.231. The molecule has 13 heteroatoms. The molecule has 2 heterocycles. The molecule has 228 valence electrons. The number of imide groups is 1. The molecular formula is C31H29F2N5O6. The minimum atomic E-state index is -1.53. The topological polar surface area (TPSA) is 122 Å². The Labute approximate surface area is 251 Å². The SMILES string of the molecule is CCOc1cc2nccc(Oc3ccc(NC(=O)C4NN(CC)C(=O)N(c5ccc(F)cc5)C4=O)cc3F)c2cc1OCC. The Bertz CT molecular complexity index is 1720. The van der Waals surface area contributed by atoms with E-state index in [0.29, 0.717) is 41.4 Å². The molecule has 4 amide bonds. The third-order valence-corrected chi connectivity index (χ3v) is 6.62. The van der Waals surface area contributed by atoms with Crippen LogP contribution < -0.4 is 29.9 Å². The Morgan fingerprint density at radius 2 is 1.61 bits per heavy atom. The number of carbonyl (C=O) groups is 3. The van der Waals surface area contributed by atoms with Crippen LogP contribution in [0.2, 0.25) is 0 Å². The van der Waals surface area contributed by atoms with Gasteiger partial charge in [-0.15, -0.1) is 0 Å². The first-order valence-corrected chi connectivity index (χ1v) is 13.9. The number of hydrogen-bond acceptors (Lipinski definition) is 8. The van der Waals surface area contributed by atoms with Crippen LogP contribution in [0.3, 0.4) is 0 Å². The second-order valence-corrected chi connectivity index (χ2v) is 9.47. The van der Waals surface area contributed by atoms with Crippen molar-refractivity contribution in [1.82, 2.24) is 15.4 Å². The van der Waals surface area contributed by atoms with Crippen molar-refractivity contribution >= 4 is 40.1 Å². The number of amides is 4. The molecule has 3 aromatic carbocycles. The number of fused-ring (bicyclic) bond motifs is 1. The zero-order valence-electron chi connectivity index (χ0n) is 24.1. The molecule has 1 atom stereocenters. The number of carbonyl (C=O) groups excluding carboxylic acids is 3. The molecule has 0 aliphatic carbocycles. The van der Waals surface area contributed by atoms with Crippen LogP contribution in [-0.2, 0) is 9.59 Å². The largest absolute Gasteiger partial charge is 0.490 e. The van der Waals surface area contributed by atoms with Gasteiger partial charge in [-0.3, -0.25) is 19.6 Å². The fraction of sp³-hybridized carbons (Fsp3) is 0.226. The van der Waals surface area contributed by atoms with Crippen LogP contribution in [0.5, 0.6) is 23.0 Å². The summed E-state index contributed by atoms with van der Waals surface area (Å²) in [5, 5.41) is 4.15. The molecule has 1 aliphatic rings. The maximum absolute atomic E-state index is 15.2. The third kappa shape index (κ3) is 6.08. The molecule has 2 N–H and O–H groups in total. The highest BCUT2D eigenvalue weighted by Crippen LogP contribution is 2.38. The van der Waals surface area contributed by atoms with Crippen LogP contribution in [-0.4, -0.2) is 53.6 Å². The predicted octanol–water partition coefficient (Wildman–Crippen LogP) is 5.40. The van der Waals surface area contributed by atoms with Crippen molar-refractivity contribution in [2.75, 3.05) is 30.0 Å². The van der Waals surface area contributed by atoms with Crippen molar-refractivity contribution < 1.29 is 37.4 Å². The summed E-state index contributed by atoms with van der Waals surface area (Å²) < 4.78 is 45.9. The van der Waals surface area contributed by atoms with Gasteiger partial charge in [0.1, 0.15) is 11.6 Å². The van der Waals surface area contributed by atoms with Crippen molar-refractivity contribution in [3.8, 4) is 23.0 Å². The van der Waals surface area contributed by atoms with E-state index in [4.69, 9.17) is 14.2 Å². The van der Waals surface area contributed by atoms with E-state index in [1.54, 1.807) is 25.1 Å². The first kappa shape index (κ1) is 30.2. The van der Waals surface area contributed by atoms with Gasteiger partial charge in [0.25, 0.3) is 11.8 Å². The lowest BCUT2D eigenvalue weighted by Gasteiger charge is -2.37. The van der Waals surface area contributed by atoms with E-state index in [2.05, 4.69) is 15.7 Å². The van der Waals surface area contributed by atoms with Gasteiger partial charge in [-0.05, 0) is 69.3 Å². The van der Waals surface area contributed by atoms with E-state index in [1.165, 1.54) is 30.5 Å². The second-order valence-electron chi connectivity index (χ2n) is 9.47. The number of hydrazine groups is 1. The van der Waals surface area contributed by atoms with Crippen LogP contribution >= 0.6 is 0 Å². The first-order valence-electron chi connectivity index (χ1n) is 13.9. The molecule has 1 saturated heterocycles. The maximum atomic E-state index is 15.2. The van der Waals surface area contributed by atoms with Gasteiger partial charge in [-0.2, -0.15) is 0 Å². The molecule has 1 aliphatic heterocycles. The van der Waals surface area contributed by atoms with Gasteiger partial charge in [0.15, 0.2) is 29.1 Å². The van der Waals surface area contributed by atoms with Crippen molar-refractivity contribution in [3.63, 3.8) is 0 Å². The molecule has 0 saturated carbocycles. The molecule has 4 aromatic rings. The Morgan fingerprint density at radius 1 is 0.909 bits per heavy atom. The fourth-order valence-corrected chi connectivity index (χ4v) is 4.58. The zero-order chi connectivity index (χ0) is 31.4. The molecule has 1 aromatic heterocycles. The summed E-state index contributed by atoms with van der Waals surface area (Å²) >= 11 is 0. The highest BCUT2D eigenvalue weighted by molar-refractivity contribution is 6.25. The Morgan fingerprint density at radius 3 is 2.27 bits per heavy atom. The number of rotatable bonds is 10.